The van der Waals surface area contributed by atoms with Crippen molar-refractivity contribution in [3.8, 4) is 0 Å². The van der Waals surface area contributed by atoms with Crippen molar-refractivity contribution in [1.82, 2.24) is 20.1 Å². The summed E-state index contributed by atoms with van der Waals surface area (Å²) in [6, 6.07) is 0. The van der Waals surface area contributed by atoms with Gasteiger partial charge < -0.3 is 14.5 Å². The predicted molar refractivity (Wildman–Crippen MR) is 78.3 cm³/mol. The number of hydrogen-bond acceptors (Lipinski definition) is 5. The molecule has 2 aromatic rings. The molecule has 1 aliphatic heterocycles. The maximum absolute atomic E-state index is 12.5. The normalized spacial score (nSPS) is 20.7. The number of ether oxygens (including phenoxy) is 1. The van der Waals surface area contributed by atoms with Crippen LogP contribution in [0.4, 0.5) is 0 Å². The Kier molecular flexibility index (Phi) is 3.74. The molecule has 0 saturated heterocycles. The molecule has 1 aliphatic rings. The number of fused-ring (bicyclic) bond motifs is 1. The number of amides is 1. The second-order valence-electron chi connectivity index (χ2n) is 5.67. The Bertz CT molecular complexity index is 704. The molecule has 1 N–H and O–H groups in total. The van der Waals surface area contributed by atoms with Gasteiger partial charge in [-0.15, -0.1) is 0 Å². The van der Waals surface area contributed by atoms with Crippen molar-refractivity contribution in [2.24, 2.45) is 7.05 Å². The first-order valence-electron chi connectivity index (χ1n) is 7.36. The number of carbonyl (C=O) groups excluding carboxylic acids is 1. The summed E-state index contributed by atoms with van der Waals surface area (Å²) in [4.78, 5) is 16.7. The van der Waals surface area contributed by atoms with E-state index in [1.165, 1.54) is 0 Å². The summed E-state index contributed by atoms with van der Waals surface area (Å²) in [6.45, 7) is 6.07. The van der Waals surface area contributed by atoms with Crippen LogP contribution in [-0.2, 0) is 24.8 Å². The van der Waals surface area contributed by atoms with Gasteiger partial charge in [-0.3, -0.25) is 9.48 Å². The summed E-state index contributed by atoms with van der Waals surface area (Å²) in [5.41, 5.74) is 3.12. The first-order valence-corrected chi connectivity index (χ1v) is 7.36. The van der Waals surface area contributed by atoms with Gasteiger partial charge in [0.1, 0.15) is 12.0 Å². The highest BCUT2D eigenvalue weighted by Crippen LogP contribution is 2.31. The molecule has 0 unspecified atom stereocenters. The molecular weight excluding hydrogens is 284 g/mol. The molecule has 3 rings (SSSR count). The molecular formula is C15H20N4O3. The Morgan fingerprint density at radius 3 is 2.95 bits per heavy atom. The van der Waals surface area contributed by atoms with E-state index >= 15 is 0 Å². The third kappa shape index (κ3) is 2.64. The Morgan fingerprint density at radius 2 is 2.27 bits per heavy atom. The summed E-state index contributed by atoms with van der Waals surface area (Å²) in [7, 11) is 1.78. The van der Waals surface area contributed by atoms with Crippen LogP contribution in [0.2, 0.25) is 0 Å². The Balaban J connectivity index is 1.81. The van der Waals surface area contributed by atoms with E-state index in [-0.39, 0.29) is 18.1 Å². The van der Waals surface area contributed by atoms with Crippen molar-refractivity contribution >= 4 is 5.91 Å². The highest BCUT2D eigenvalue weighted by atomic mass is 16.5. The number of nitrogens with zero attached hydrogens (tertiary/aromatic N) is 3. The molecule has 0 fully saturated rings. The molecule has 0 saturated carbocycles. The van der Waals surface area contributed by atoms with Crippen molar-refractivity contribution in [2.75, 3.05) is 0 Å². The zero-order valence-electron chi connectivity index (χ0n) is 13.2. The minimum absolute atomic E-state index is 0.0800. The zero-order valence-corrected chi connectivity index (χ0v) is 13.2. The monoisotopic (exact) mass is 304 g/mol. The molecule has 22 heavy (non-hydrogen) atoms. The van der Waals surface area contributed by atoms with Crippen molar-refractivity contribution in [3.05, 3.63) is 34.8 Å². The van der Waals surface area contributed by atoms with Crippen molar-refractivity contribution in [3.63, 3.8) is 0 Å². The number of rotatable bonds is 3. The van der Waals surface area contributed by atoms with Gasteiger partial charge >= 0.3 is 0 Å². The molecule has 118 valence electrons. The van der Waals surface area contributed by atoms with Crippen LogP contribution >= 0.6 is 0 Å². The highest BCUT2D eigenvalue weighted by molar-refractivity contribution is 5.94. The van der Waals surface area contributed by atoms with Crippen LogP contribution in [0, 0.1) is 6.92 Å². The second kappa shape index (κ2) is 5.57. The van der Waals surface area contributed by atoms with Gasteiger partial charge in [0.05, 0.1) is 30.1 Å². The van der Waals surface area contributed by atoms with Gasteiger partial charge in [0.25, 0.3) is 5.91 Å². The molecule has 0 bridgehead atoms. The number of nitrogens with one attached hydrogen (secondary N) is 1. The van der Waals surface area contributed by atoms with Gasteiger partial charge in [0.15, 0.2) is 5.89 Å². The van der Waals surface area contributed by atoms with Crippen LogP contribution in [0.25, 0.3) is 0 Å². The van der Waals surface area contributed by atoms with Crippen molar-refractivity contribution in [2.45, 2.75) is 45.9 Å². The highest BCUT2D eigenvalue weighted by Gasteiger charge is 2.31. The summed E-state index contributed by atoms with van der Waals surface area (Å²) >= 11 is 0. The van der Waals surface area contributed by atoms with Gasteiger partial charge in [-0.2, -0.15) is 5.10 Å². The largest absolute Gasteiger partial charge is 0.449 e. The molecule has 2 aromatic heterocycles. The minimum atomic E-state index is -0.154. The molecule has 0 aliphatic carbocycles. The van der Waals surface area contributed by atoms with E-state index in [0.29, 0.717) is 30.2 Å². The topological polar surface area (TPSA) is 82.2 Å². The lowest BCUT2D eigenvalue weighted by Gasteiger charge is -2.24. The summed E-state index contributed by atoms with van der Waals surface area (Å²) < 4.78 is 12.5. The van der Waals surface area contributed by atoms with Gasteiger partial charge in [-0.25, -0.2) is 4.98 Å². The molecule has 3 heterocycles. The van der Waals surface area contributed by atoms with Gasteiger partial charge in [0, 0.05) is 26.0 Å². The van der Waals surface area contributed by atoms with E-state index in [1.54, 1.807) is 24.9 Å². The number of aromatic nitrogens is 3. The lowest BCUT2D eigenvalue weighted by atomic mass is 9.99. The summed E-state index contributed by atoms with van der Waals surface area (Å²) in [5, 5.41) is 7.32. The Morgan fingerprint density at radius 1 is 1.50 bits per heavy atom. The van der Waals surface area contributed by atoms with Gasteiger partial charge in [-0.05, 0) is 13.8 Å². The fourth-order valence-electron chi connectivity index (χ4n) is 2.89. The maximum atomic E-state index is 12.5. The minimum Gasteiger partial charge on any atom is -0.449 e. The average molecular weight is 304 g/mol. The molecule has 0 radical (unpaired) electrons. The number of hydrogen-bond donors (Lipinski definition) is 1. The molecule has 7 nitrogen and oxygen atoms in total. The molecule has 2 atom stereocenters. The average Bonchev–Trinajstić information content (AvgIpc) is 2.99. The first kappa shape index (κ1) is 14.8. The number of oxazole rings is 1. The van der Waals surface area contributed by atoms with Crippen molar-refractivity contribution in [1.29, 1.82) is 0 Å². The zero-order chi connectivity index (χ0) is 15.9. The van der Waals surface area contributed by atoms with Crippen LogP contribution in [0.1, 0.15) is 53.3 Å². The number of carbonyl (C=O) groups is 1. The Labute approximate surface area is 128 Å². The lowest BCUT2D eigenvalue weighted by Crippen LogP contribution is -2.28. The fraction of sp³-hybridized carbons (Fsp3) is 0.533. The van der Waals surface area contributed by atoms with E-state index in [4.69, 9.17) is 9.15 Å². The molecule has 1 amide bonds. The van der Waals surface area contributed by atoms with Crippen LogP contribution in [0.5, 0.6) is 0 Å². The van der Waals surface area contributed by atoms with Crippen LogP contribution in [0.15, 0.2) is 10.7 Å². The first-order chi connectivity index (χ1) is 10.5. The van der Waals surface area contributed by atoms with Gasteiger partial charge in [0.2, 0.25) is 0 Å². The van der Waals surface area contributed by atoms with Gasteiger partial charge in [-0.1, -0.05) is 0 Å². The fourth-order valence-corrected chi connectivity index (χ4v) is 2.89. The summed E-state index contributed by atoms with van der Waals surface area (Å²) in [6.07, 6.45) is 2.23. The summed E-state index contributed by atoms with van der Waals surface area (Å²) in [5.74, 6) is 0.431. The standard InChI is InChI=1S/C15H20N4O3/c1-8-5-12-13(9(2)22-8)18-19(4)14(12)15(20)16-6-11-7-21-10(3)17-11/h7-9H,5-6H2,1-4H3,(H,16,20)/t8-,9+/m1/s1. The molecule has 0 spiro atoms. The molecule has 0 aromatic carbocycles. The van der Waals surface area contributed by atoms with Crippen molar-refractivity contribution < 1.29 is 13.9 Å². The third-order valence-corrected chi connectivity index (χ3v) is 3.80. The smallest absolute Gasteiger partial charge is 0.270 e. The number of aryl methyl sites for hydroxylation is 2. The second-order valence-corrected chi connectivity index (χ2v) is 5.67. The van der Waals surface area contributed by atoms with E-state index in [1.807, 2.05) is 13.8 Å². The third-order valence-electron chi connectivity index (χ3n) is 3.80. The predicted octanol–water partition coefficient (Wildman–Crippen LogP) is 1.67. The Hall–Kier alpha value is -2.15. The van der Waals surface area contributed by atoms with E-state index in [9.17, 15) is 4.79 Å². The van der Waals surface area contributed by atoms with Crippen LogP contribution < -0.4 is 5.32 Å². The maximum Gasteiger partial charge on any atom is 0.270 e. The van der Waals surface area contributed by atoms with Crippen LogP contribution in [0.3, 0.4) is 0 Å². The van der Waals surface area contributed by atoms with E-state index in [0.717, 1.165) is 11.3 Å². The quantitative estimate of drug-likeness (QED) is 0.932. The van der Waals surface area contributed by atoms with E-state index in [2.05, 4.69) is 15.4 Å². The van der Waals surface area contributed by atoms with E-state index < -0.39 is 0 Å². The van der Waals surface area contributed by atoms with Crippen LogP contribution in [-0.4, -0.2) is 26.8 Å². The molecule has 7 heteroatoms. The SMILES string of the molecule is Cc1nc(CNC(=O)c2c3c(nn2C)[C@H](C)O[C@H](C)C3)co1. The lowest BCUT2D eigenvalue weighted by molar-refractivity contribution is -0.00710.